The van der Waals surface area contributed by atoms with Crippen LogP contribution in [-0.4, -0.2) is 44.2 Å². The summed E-state index contributed by atoms with van der Waals surface area (Å²) < 4.78 is 61.6. The Morgan fingerprint density at radius 1 is 1.12 bits per heavy atom. The van der Waals surface area contributed by atoms with E-state index in [2.05, 4.69) is 4.18 Å². The van der Waals surface area contributed by atoms with Crippen LogP contribution in [-0.2, 0) is 14.3 Å². The van der Waals surface area contributed by atoms with Crippen LogP contribution < -0.4 is 0 Å². The van der Waals surface area contributed by atoms with Crippen molar-refractivity contribution in [2.75, 3.05) is 0 Å². The van der Waals surface area contributed by atoms with Gasteiger partial charge < -0.3 is 4.18 Å². The van der Waals surface area contributed by atoms with E-state index >= 15 is 0 Å². The summed E-state index contributed by atoms with van der Waals surface area (Å²) in [5.41, 5.74) is 0. The van der Waals surface area contributed by atoms with Crippen LogP contribution in [0.3, 0.4) is 0 Å². The maximum Gasteiger partial charge on any atom is 0.412 e. The van der Waals surface area contributed by atoms with E-state index in [0.717, 1.165) is 0 Å². The first-order chi connectivity index (χ1) is 7.31. The van der Waals surface area contributed by atoms with Crippen LogP contribution in [0.2, 0.25) is 0 Å². The van der Waals surface area contributed by atoms with Gasteiger partial charge in [0.15, 0.2) is 0 Å². The number of allylic oxidation sites excluding steroid dienone is 1. The summed E-state index contributed by atoms with van der Waals surface area (Å²) >= 11 is 0. The van der Waals surface area contributed by atoms with Crippen LogP contribution in [0.1, 0.15) is 0 Å². The fraction of sp³-hybridized carbons (Fsp3) is 0.111. The predicted octanol–water partition coefficient (Wildman–Crippen LogP) is 2.09. The quantitative estimate of drug-likeness (QED) is 0.482. The van der Waals surface area contributed by atoms with Crippen molar-refractivity contribution in [3.05, 3.63) is 42.7 Å². The number of hydrogen-bond acceptors (Lipinski definition) is 3. The van der Waals surface area contributed by atoms with Gasteiger partial charge in [-0.05, 0) is 12.1 Å². The van der Waals surface area contributed by atoms with Crippen molar-refractivity contribution in [2.24, 2.45) is 0 Å². The molecule has 0 heterocycles. The van der Waals surface area contributed by atoms with Gasteiger partial charge in [0.1, 0.15) is 11.2 Å². The van der Waals surface area contributed by atoms with E-state index in [1.165, 1.54) is 24.3 Å². The molecule has 1 aromatic rings. The minimum atomic E-state index is -4.60. The summed E-state index contributed by atoms with van der Waals surface area (Å²) in [5.74, 6) is 0. The molecule has 0 aliphatic heterocycles. The number of hydrogen-bond donors (Lipinski definition) is 0. The SMILES string of the molecule is O=S(=O)(OC=CC(F)(F)F)c1ccccc1.[Na]. The molecule has 0 amide bonds. The van der Waals surface area contributed by atoms with Gasteiger partial charge in [-0.1, -0.05) is 18.2 Å². The van der Waals surface area contributed by atoms with Gasteiger partial charge >= 0.3 is 16.3 Å². The van der Waals surface area contributed by atoms with Crippen LogP contribution in [0.25, 0.3) is 0 Å². The summed E-state index contributed by atoms with van der Waals surface area (Å²) in [5, 5.41) is 0. The molecule has 0 atom stereocenters. The topological polar surface area (TPSA) is 43.4 Å². The monoisotopic (exact) mass is 275 g/mol. The summed E-state index contributed by atoms with van der Waals surface area (Å²) in [6, 6.07) is 6.88. The Kier molecular flexibility index (Phi) is 6.25. The molecule has 89 valence electrons. The zero-order valence-electron chi connectivity index (χ0n) is 8.81. The Morgan fingerprint density at radius 2 is 1.65 bits per heavy atom. The van der Waals surface area contributed by atoms with Gasteiger partial charge in [-0.3, -0.25) is 0 Å². The van der Waals surface area contributed by atoms with E-state index in [0.29, 0.717) is 0 Å². The number of halogens is 3. The zero-order chi connectivity index (χ0) is 12.2. The summed E-state index contributed by atoms with van der Waals surface area (Å²) in [4.78, 5) is -0.207. The van der Waals surface area contributed by atoms with Crippen LogP contribution in [0.5, 0.6) is 0 Å². The molecule has 1 radical (unpaired) electrons. The largest absolute Gasteiger partial charge is 0.412 e. The summed E-state index contributed by atoms with van der Waals surface area (Å²) in [6.07, 6.45) is -4.80. The van der Waals surface area contributed by atoms with Crippen molar-refractivity contribution >= 4 is 39.7 Å². The molecule has 0 unspecified atom stereocenters. The number of rotatable bonds is 3. The van der Waals surface area contributed by atoms with Crippen LogP contribution in [0.15, 0.2) is 47.6 Å². The number of alkyl halides is 3. The first kappa shape index (κ1) is 16.5. The van der Waals surface area contributed by atoms with E-state index in [-0.39, 0.29) is 46.8 Å². The molecular weight excluding hydrogens is 268 g/mol. The van der Waals surface area contributed by atoms with Crippen LogP contribution in [0.4, 0.5) is 13.2 Å². The second kappa shape index (κ2) is 6.44. The molecule has 0 saturated heterocycles. The molecule has 0 aliphatic carbocycles. The van der Waals surface area contributed by atoms with Gasteiger partial charge in [-0.2, -0.15) is 21.6 Å². The average Bonchev–Trinajstić information content (AvgIpc) is 2.17. The van der Waals surface area contributed by atoms with Gasteiger partial charge in [0.25, 0.3) is 0 Å². The van der Waals surface area contributed by atoms with Gasteiger partial charge in [0, 0.05) is 29.6 Å². The Labute approximate surface area is 119 Å². The maximum absolute atomic E-state index is 11.7. The van der Waals surface area contributed by atoms with E-state index in [1.54, 1.807) is 6.07 Å². The predicted molar refractivity (Wildman–Crippen MR) is 55.7 cm³/mol. The molecule has 0 N–H and O–H groups in total. The molecule has 1 aromatic carbocycles. The van der Waals surface area contributed by atoms with Gasteiger partial charge in [0.2, 0.25) is 0 Å². The van der Waals surface area contributed by atoms with E-state index in [4.69, 9.17) is 0 Å². The molecule has 1 rings (SSSR count). The first-order valence-corrected chi connectivity index (χ1v) is 5.45. The first-order valence-electron chi connectivity index (χ1n) is 4.04. The van der Waals surface area contributed by atoms with Crippen LogP contribution >= 0.6 is 0 Å². The second-order valence-corrected chi connectivity index (χ2v) is 4.28. The van der Waals surface area contributed by atoms with Gasteiger partial charge in [-0.15, -0.1) is 0 Å². The molecule has 3 nitrogen and oxygen atoms in total. The fourth-order valence-corrected chi connectivity index (χ4v) is 1.62. The Balaban J connectivity index is 0.00000256. The molecule has 0 aromatic heterocycles. The smallest absolute Gasteiger partial charge is 0.387 e. The summed E-state index contributed by atoms with van der Waals surface area (Å²) in [6.45, 7) is 0. The van der Waals surface area contributed by atoms with E-state index < -0.39 is 16.3 Å². The number of benzene rings is 1. The molecule has 0 bridgehead atoms. The van der Waals surface area contributed by atoms with Crippen LogP contribution in [0, 0.1) is 0 Å². The summed E-state index contributed by atoms with van der Waals surface area (Å²) in [7, 11) is -4.17. The third kappa shape index (κ3) is 6.11. The van der Waals surface area contributed by atoms with Crippen molar-refractivity contribution in [3.8, 4) is 0 Å². The van der Waals surface area contributed by atoms with Crippen molar-refractivity contribution < 1.29 is 25.8 Å². The van der Waals surface area contributed by atoms with E-state index in [1.807, 2.05) is 0 Å². The second-order valence-electron chi connectivity index (χ2n) is 2.71. The Morgan fingerprint density at radius 3 is 2.12 bits per heavy atom. The molecule has 0 saturated carbocycles. The Bertz CT molecular complexity index is 468. The average molecular weight is 275 g/mol. The zero-order valence-corrected chi connectivity index (χ0v) is 11.6. The standard InChI is InChI=1S/C9H7F3O3S.Na/c10-9(11,12)6-7-15-16(13,14)8-4-2-1-3-5-8;/h1-7H;. The minimum Gasteiger partial charge on any atom is -0.387 e. The van der Waals surface area contributed by atoms with Crippen molar-refractivity contribution in [1.29, 1.82) is 0 Å². The molecular formula is C9H7F3NaO3S. The normalized spacial score (nSPS) is 12.2. The van der Waals surface area contributed by atoms with Crippen molar-refractivity contribution in [3.63, 3.8) is 0 Å². The van der Waals surface area contributed by atoms with Crippen molar-refractivity contribution in [2.45, 2.75) is 11.1 Å². The third-order valence-electron chi connectivity index (χ3n) is 1.47. The molecule has 0 spiro atoms. The minimum absolute atomic E-state index is 0. The Hall–Kier alpha value is -0.500. The molecule has 8 heteroatoms. The third-order valence-corrected chi connectivity index (χ3v) is 2.69. The molecule has 0 aliphatic rings. The van der Waals surface area contributed by atoms with Gasteiger partial charge in [-0.25, -0.2) is 0 Å². The molecule has 0 fully saturated rings. The maximum atomic E-state index is 11.7. The molecule has 17 heavy (non-hydrogen) atoms. The van der Waals surface area contributed by atoms with Crippen molar-refractivity contribution in [1.82, 2.24) is 0 Å². The van der Waals surface area contributed by atoms with E-state index in [9.17, 15) is 21.6 Å². The fourth-order valence-electron chi connectivity index (χ4n) is 0.821. The van der Waals surface area contributed by atoms with Gasteiger partial charge in [0.05, 0.1) is 6.08 Å².